The molecule has 0 aliphatic rings. The van der Waals surface area contributed by atoms with Gasteiger partial charge in [-0.05, 0) is 62.5 Å². The highest BCUT2D eigenvalue weighted by Crippen LogP contribution is 2.42. The third-order valence-corrected chi connectivity index (χ3v) is 4.78. The van der Waals surface area contributed by atoms with Crippen molar-refractivity contribution < 1.29 is 18.6 Å². The Balaban J connectivity index is 2.63. The third-order valence-electron chi connectivity index (χ3n) is 4.78. The topological polar surface area (TPSA) is 32.7 Å². The molecule has 0 fully saturated rings. The fraction of sp³-hybridized carbons (Fsp3) is 0.364. The number of ether oxygens (including phenoxy) is 1. The summed E-state index contributed by atoms with van der Waals surface area (Å²) in [6.07, 6.45) is 1.79. The van der Waals surface area contributed by atoms with Gasteiger partial charge in [0.25, 0.3) is 0 Å². The molecule has 2 unspecified atom stereocenters. The molecule has 0 saturated heterocycles. The van der Waals surface area contributed by atoms with E-state index in [4.69, 9.17) is 4.74 Å². The molecule has 0 bridgehead atoms. The van der Waals surface area contributed by atoms with E-state index in [0.29, 0.717) is 23.4 Å². The lowest BCUT2D eigenvalue weighted by atomic mass is 9.75. The highest BCUT2D eigenvalue weighted by atomic mass is 19.1. The first-order valence-corrected chi connectivity index (χ1v) is 8.84. The minimum absolute atomic E-state index is 0.264. The highest BCUT2D eigenvalue weighted by Gasteiger charge is 2.40. The van der Waals surface area contributed by atoms with Crippen molar-refractivity contribution in [1.82, 2.24) is 4.90 Å². The minimum atomic E-state index is -1.47. The molecule has 0 aromatic heterocycles. The first-order valence-electron chi connectivity index (χ1n) is 8.84. The molecular weight excluding hydrogens is 348 g/mol. The Morgan fingerprint density at radius 1 is 1.15 bits per heavy atom. The number of rotatable bonds is 7. The summed E-state index contributed by atoms with van der Waals surface area (Å²) < 4.78 is 32.6. The van der Waals surface area contributed by atoms with Crippen molar-refractivity contribution >= 4 is 6.08 Å². The molecule has 0 saturated carbocycles. The van der Waals surface area contributed by atoms with Gasteiger partial charge in [0.1, 0.15) is 23.0 Å². The molecule has 0 spiro atoms. The van der Waals surface area contributed by atoms with Crippen LogP contribution in [-0.4, -0.2) is 37.8 Å². The Kier molecular flexibility index (Phi) is 6.73. The first kappa shape index (κ1) is 21.1. The van der Waals surface area contributed by atoms with Crippen LogP contribution in [0.3, 0.4) is 0 Å². The van der Waals surface area contributed by atoms with Gasteiger partial charge in [-0.3, -0.25) is 0 Å². The van der Waals surface area contributed by atoms with Gasteiger partial charge in [-0.2, -0.15) is 0 Å². The molecule has 27 heavy (non-hydrogen) atoms. The van der Waals surface area contributed by atoms with E-state index >= 15 is 0 Å². The second kappa shape index (κ2) is 8.63. The molecule has 0 heterocycles. The summed E-state index contributed by atoms with van der Waals surface area (Å²) in [5, 5.41) is 11.8. The van der Waals surface area contributed by atoms with Crippen LogP contribution in [0.5, 0.6) is 5.75 Å². The average molecular weight is 375 g/mol. The second-order valence-electron chi connectivity index (χ2n) is 7.15. The minimum Gasteiger partial charge on any atom is -0.496 e. The number of halogens is 2. The normalized spacial score (nSPS) is 15.5. The summed E-state index contributed by atoms with van der Waals surface area (Å²) in [5.41, 5.74) is 0.272. The predicted molar refractivity (Wildman–Crippen MR) is 105 cm³/mol. The predicted octanol–water partition coefficient (Wildman–Crippen LogP) is 4.46. The van der Waals surface area contributed by atoms with Gasteiger partial charge in [-0.25, -0.2) is 8.78 Å². The van der Waals surface area contributed by atoms with Gasteiger partial charge >= 0.3 is 0 Å². The lowest BCUT2D eigenvalue weighted by molar-refractivity contribution is 0.00830. The summed E-state index contributed by atoms with van der Waals surface area (Å²) in [7, 11) is 5.32. The van der Waals surface area contributed by atoms with Crippen molar-refractivity contribution in [3.8, 4) is 5.75 Å². The zero-order valence-corrected chi connectivity index (χ0v) is 16.5. The summed E-state index contributed by atoms with van der Waals surface area (Å²) in [4.78, 5) is 1.96. The van der Waals surface area contributed by atoms with Crippen molar-refractivity contribution in [1.29, 1.82) is 0 Å². The Labute approximate surface area is 159 Å². The molecule has 2 atom stereocenters. The molecule has 0 aliphatic heterocycles. The molecule has 0 radical (unpaired) electrons. The van der Waals surface area contributed by atoms with Gasteiger partial charge in [0.15, 0.2) is 0 Å². The fourth-order valence-electron chi connectivity index (χ4n) is 3.44. The van der Waals surface area contributed by atoms with Crippen LogP contribution in [0.4, 0.5) is 8.78 Å². The average Bonchev–Trinajstić information content (AvgIpc) is 2.62. The number of aliphatic hydroxyl groups is 1. The molecule has 2 aromatic carbocycles. The van der Waals surface area contributed by atoms with Gasteiger partial charge in [0.05, 0.1) is 7.11 Å². The van der Waals surface area contributed by atoms with Gasteiger partial charge in [0.2, 0.25) is 0 Å². The molecule has 0 amide bonds. The van der Waals surface area contributed by atoms with Crippen LogP contribution >= 0.6 is 0 Å². The molecule has 0 aliphatic carbocycles. The second-order valence-corrected chi connectivity index (χ2v) is 7.15. The number of hydrogen-bond acceptors (Lipinski definition) is 3. The summed E-state index contributed by atoms with van der Waals surface area (Å²) in [6, 6.07) is 10.1. The van der Waals surface area contributed by atoms with E-state index in [2.05, 4.69) is 0 Å². The van der Waals surface area contributed by atoms with Crippen molar-refractivity contribution in [2.45, 2.75) is 19.4 Å². The van der Waals surface area contributed by atoms with Crippen LogP contribution < -0.4 is 4.74 Å². The van der Waals surface area contributed by atoms with Crippen LogP contribution in [-0.2, 0) is 5.60 Å². The van der Waals surface area contributed by atoms with E-state index in [9.17, 15) is 13.9 Å². The molecular formula is C22H27F2NO2. The highest BCUT2D eigenvalue weighted by molar-refractivity contribution is 5.57. The maximum Gasteiger partial charge on any atom is 0.125 e. The van der Waals surface area contributed by atoms with E-state index in [1.807, 2.05) is 25.9 Å². The van der Waals surface area contributed by atoms with Crippen LogP contribution in [0.1, 0.15) is 25.0 Å². The fourth-order valence-corrected chi connectivity index (χ4v) is 3.44. The maximum absolute atomic E-state index is 14.0. The van der Waals surface area contributed by atoms with Gasteiger partial charge < -0.3 is 14.7 Å². The Morgan fingerprint density at radius 3 is 2.30 bits per heavy atom. The molecule has 2 aromatic rings. The number of hydrogen-bond donors (Lipinski definition) is 1. The summed E-state index contributed by atoms with van der Waals surface area (Å²) in [5.74, 6) is -0.625. The summed E-state index contributed by atoms with van der Waals surface area (Å²) in [6.45, 7) is 4.27. The molecule has 1 N–H and O–H groups in total. The molecule has 5 heteroatoms. The lowest BCUT2D eigenvalue weighted by Gasteiger charge is -2.38. The Morgan fingerprint density at radius 2 is 1.74 bits per heavy atom. The van der Waals surface area contributed by atoms with Crippen molar-refractivity contribution in [2.24, 2.45) is 5.92 Å². The Hall–Kier alpha value is -2.24. The van der Waals surface area contributed by atoms with Crippen molar-refractivity contribution in [2.75, 3.05) is 27.7 Å². The quantitative estimate of drug-likeness (QED) is 0.775. The molecule has 3 nitrogen and oxygen atoms in total. The van der Waals surface area contributed by atoms with E-state index in [1.165, 1.54) is 37.4 Å². The largest absolute Gasteiger partial charge is 0.496 e. The van der Waals surface area contributed by atoms with E-state index < -0.39 is 11.4 Å². The van der Waals surface area contributed by atoms with E-state index in [-0.39, 0.29) is 11.7 Å². The van der Waals surface area contributed by atoms with Gasteiger partial charge in [0, 0.05) is 18.0 Å². The van der Waals surface area contributed by atoms with Crippen LogP contribution in [0.25, 0.3) is 6.08 Å². The van der Waals surface area contributed by atoms with Crippen molar-refractivity contribution in [3.05, 3.63) is 70.8 Å². The monoisotopic (exact) mass is 375 g/mol. The van der Waals surface area contributed by atoms with E-state index in [1.54, 1.807) is 25.1 Å². The smallest absolute Gasteiger partial charge is 0.125 e. The standard InChI is InChI=1S/C22H27F2NO2/c1-15(12-17-6-8-18(23)9-7-17)22(26,16(2)14-25(3)4)20-13-19(24)10-11-21(20)27-5/h6-13,16,26H,14H2,1-5H3/b15-12-. The van der Waals surface area contributed by atoms with Gasteiger partial charge in [-0.1, -0.05) is 25.1 Å². The number of nitrogens with zero attached hydrogens (tertiary/aromatic N) is 1. The lowest BCUT2D eigenvalue weighted by Crippen LogP contribution is -2.40. The first-order chi connectivity index (χ1) is 12.7. The van der Waals surface area contributed by atoms with Crippen LogP contribution in [0.15, 0.2) is 48.0 Å². The zero-order chi connectivity index (χ0) is 20.2. The molecule has 146 valence electrons. The van der Waals surface area contributed by atoms with Crippen LogP contribution in [0.2, 0.25) is 0 Å². The number of methoxy groups -OCH3 is 1. The molecule has 2 rings (SSSR count). The van der Waals surface area contributed by atoms with Crippen LogP contribution in [0, 0.1) is 17.6 Å². The van der Waals surface area contributed by atoms with Gasteiger partial charge in [-0.15, -0.1) is 0 Å². The zero-order valence-electron chi connectivity index (χ0n) is 16.5. The number of benzene rings is 2. The van der Waals surface area contributed by atoms with E-state index in [0.717, 1.165) is 5.56 Å². The SMILES string of the molecule is COc1ccc(F)cc1C(O)(/C(C)=C\c1ccc(F)cc1)C(C)CN(C)C. The Bertz CT molecular complexity index is 802. The maximum atomic E-state index is 14.0. The third kappa shape index (κ3) is 4.73. The summed E-state index contributed by atoms with van der Waals surface area (Å²) >= 11 is 0. The van der Waals surface area contributed by atoms with Crippen molar-refractivity contribution in [3.63, 3.8) is 0 Å².